The number of unbranched alkanes of at least 4 members (excludes halogenated alkanes) is 1. The molecule has 0 fully saturated rings. The molecule has 0 bridgehead atoms. The average molecular weight is 315 g/mol. The lowest BCUT2D eigenvalue weighted by molar-refractivity contribution is 0.0956. The Morgan fingerprint density at radius 3 is 2.61 bits per heavy atom. The molecule has 1 aromatic carbocycles. The van der Waals surface area contributed by atoms with E-state index < -0.39 is 0 Å². The van der Waals surface area contributed by atoms with Crippen molar-refractivity contribution in [1.29, 1.82) is 0 Å². The van der Waals surface area contributed by atoms with Crippen molar-refractivity contribution in [3.05, 3.63) is 34.1 Å². The van der Waals surface area contributed by atoms with Crippen LogP contribution in [0.1, 0.15) is 56.3 Å². The average Bonchev–Trinajstić information content (AvgIpc) is 2.32. The van der Waals surface area contributed by atoms with Crippen LogP contribution in [0.15, 0.2) is 22.7 Å². The minimum atomic E-state index is -0.366. The van der Waals surface area contributed by atoms with Crippen molar-refractivity contribution in [3.8, 4) is 0 Å². The molecule has 0 aromatic heterocycles. The van der Waals surface area contributed by atoms with E-state index in [1.165, 1.54) is 12.1 Å². The largest absolute Gasteiger partial charge is 0.294 e. The summed E-state index contributed by atoms with van der Waals surface area (Å²) in [6.07, 6.45) is 4.90. The van der Waals surface area contributed by atoms with Gasteiger partial charge in [-0.05, 0) is 24.1 Å². The topological polar surface area (TPSA) is 17.1 Å². The lowest BCUT2D eigenvalue weighted by Gasteiger charge is -2.13. The maximum atomic E-state index is 13.2. The van der Waals surface area contributed by atoms with Crippen LogP contribution in [0.4, 0.5) is 4.39 Å². The zero-order chi connectivity index (χ0) is 13.5. The summed E-state index contributed by atoms with van der Waals surface area (Å²) in [6.45, 7) is 4.26. The summed E-state index contributed by atoms with van der Waals surface area (Å²) < 4.78 is 13.8. The van der Waals surface area contributed by atoms with Gasteiger partial charge in [0.2, 0.25) is 0 Å². The zero-order valence-electron chi connectivity index (χ0n) is 11.0. The van der Waals surface area contributed by atoms with Gasteiger partial charge in [0.05, 0.1) is 0 Å². The van der Waals surface area contributed by atoms with Crippen LogP contribution in [-0.2, 0) is 0 Å². The summed E-state index contributed by atoms with van der Waals surface area (Å²) in [5.74, 6) is 0.0898. The Kier molecular flexibility index (Phi) is 6.55. The van der Waals surface area contributed by atoms with Crippen LogP contribution in [0.5, 0.6) is 0 Å². The van der Waals surface area contributed by atoms with E-state index in [0.29, 0.717) is 22.4 Å². The third-order valence-corrected chi connectivity index (χ3v) is 3.66. The maximum absolute atomic E-state index is 13.2. The van der Waals surface area contributed by atoms with Gasteiger partial charge in [0.1, 0.15) is 5.82 Å². The number of Topliss-reactive ketones (excluding diaryl/α,β-unsaturated/α-hetero) is 1. The Bertz CT molecular complexity index is 383. The van der Waals surface area contributed by atoms with E-state index in [1.807, 2.05) is 0 Å². The van der Waals surface area contributed by atoms with E-state index in [9.17, 15) is 9.18 Å². The molecule has 3 heteroatoms. The minimum Gasteiger partial charge on any atom is -0.294 e. The smallest absolute Gasteiger partial charge is 0.163 e. The van der Waals surface area contributed by atoms with Gasteiger partial charge in [-0.15, -0.1) is 0 Å². The van der Waals surface area contributed by atoms with E-state index in [2.05, 4.69) is 29.8 Å². The summed E-state index contributed by atoms with van der Waals surface area (Å²) in [4.78, 5) is 12.1. The second-order valence-electron chi connectivity index (χ2n) is 4.70. The molecule has 0 saturated heterocycles. The Hall–Kier alpha value is -0.700. The van der Waals surface area contributed by atoms with Gasteiger partial charge in [-0.2, -0.15) is 0 Å². The van der Waals surface area contributed by atoms with Crippen molar-refractivity contribution in [2.24, 2.45) is 5.92 Å². The number of hydrogen-bond donors (Lipinski definition) is 0. The molecule has 100 valence electrons. The lowest BCUT2D eigenvalue weighted by atomic mass is 9.91. The van der Waals surface area contributed by atoms with Gasteiger partial charge < -0.3 is 0 Å². The van der Waals surface area contributed by atoms with E-state index in [0.717, 1.165) is 25.7 Å². The fourth-order valence-corrected chi connectivity index (χ4v) is 2.50. The van der Waals surface area contributed by atoms with E-state index in [4.69, 9.17) is 0 Å². The summed E-state index contributed by atoms with van der Waals surface area (Å²) in [5.41, 5.74) is 0.469. The number of benzene rings is 1. The second kappa shape index (κ2) is 7.67. The molecule has 1 nitrogen and oxygen atoms in total. The third kappa shape index (κ3) is 4.89. The molecule has 0 spiro atoms. The highest BCUT2D eigenvalue weighted by molar-refractivity contribution is 9.10. The summed E-state index contributed by atoms with van der Waals surface area (Å²) >= 11 is 3.21. The molecule has 1 unspecified atom stereocenters. The van der Waals surface area contributed by atoms with Crippen LogP contribution in [0.2, 0.25) is 0 Å². The molecule has 1 atom stereocenters. The molecular weight excluding hydrogens is 295 g/mol. The van der Waals surface area contributed by atoms with Gasteiger partial charge in [-0.1, -0.05) is 55.5 Å². The number of carbonyl (C=O) groups excluding carboxylic acids is 1. The molecule has 0 aliphatic heterocycles. The molecule has 0 radical (unpaired) electrons. The van der Waals surface area contributed by atoms with Gasteiger partial charge in [-0.3, -0.25) is 4.79 Å². The number of hydrogen-bond acceptors (Lipinski definition) is 1. The van der Waals surface area contributed by atoms with E-state index in [-0.39, 0.29) is 11.6 Å². The zero-order valence-corrected chi connectivity index (χ0v) is 12.6. The standard InChI is InChI=1S/C15H20BrFO/c1-3-5-6-11(4-2)7-15(18)12-8-13(16)10-14(17)9-12/h8-11H,3-7H2,1-2H3. The SMILES string of the molecule is CCCCC(CC)CC(=O)c1cc(F)cc(Br)c1. The van der Waals surface area contributed by atoms with Crippen LogP contribution in [0.3, 0.4) is 0 Å². The minimum absolute atomic E-state index is 0.0400. The van der Waals surface area contributed by atoms with E-state index in [1.54, 1.807) is 6.07 Å². The fourth-order valence-electron chi connectivity index (χ4n) is 2.04. The van der Waals surface area contributed by atoms with Crippen LogP contribution >= 0.6 is 15.9 Å². The molecule has 0 saturated carbocycles. The van der Waals surface area contributed by atoms with Crippen LogP contribution in [0, 0.1) is 11.7 Å². The monoisotopic (exact) mass is 314 g/mol. The number of carbonyl (C=O) groups is 1. The molecule has 0 amide bonds. The van der Waals surface area contributed by atoms with Gasteiger partial charge in [0.25, 0.3) is 0 Å². The van der Waals surface area contributed by atoms with Gasteiger partial charge in [0.15, 0.2) is 5.78 Å². The highest BCUT2D eigenvalue weighted by Crippen LogP contribution is 2.21. The first-order chi connectivity index (χ1) is 8.56. The summed E-state index contributed by atoms with van der Waals surface area (Å²) in [5, 5.41) is 0. The van der Waals surface area contributed by atoms with Crippen molar-refractivity contribution in [2.45, 2.75) is 46.0 Å². The van der Waals surface area contributed by atoms with Crippen LogP contribution in [0.25, 0.3) is 0 Å². The summed E-state index contributed by atoms with van der Waals surface area (Å²) in [7, 11) is 0. The van der Waals surface area contributed by atoms with Crippen LogP contribution in [-0.4, -0.2) is 5.78 Å². The van der Waals surface area contributed by atoms with Crippen molar-refractivity contribution in [3.63, 3.8) is 0 Å². The molecule has 1 rings (SSSR count). The predicted molar refractivity (Wildman–Crippen MR) is 76.4 cm³/mol. The predicted octanol–water partition coefficient (Wildman–Crippen LogP) is 5.38. The van der Waals surface area contributed by atoms with Gasteiger partial charge in [0, 0.05) is 16.5 Å². The number of halogens is 2. The van der Waals surface area contributed by atoms with E-state index >= 15 is 0 Å². The van der Waals surface area contributed by atoms with Crippen molar-refractivity contribution < 1.29 is 9.18 Å². The number of ketones is 1. The van der Waals surface area contributed by atoms with Gasteiger partial charge in [-0.25, -0.2) is 4.39 Å². The molecule has 18 heavy (non-hydrogen) atoms. The van der Waals surface area contributed by atoms with Crippen molar-refractivity contribution in [1.82, 2.24) is 0 Å². The fraction of sp³-hybridized carbons (Fsp3) is 0.533. The van der Waals surface area contributed by atoms with Crippen molar-refractivity contribution >= 4 is 21.7 Å². The third-order valence-electron chi connectivity index (χ3n) is 3.20. The first-order valence-corrected chi connectivity index (χ1v) is 7.35. The highest BCUT2D eigenvalue weighted by atomic mass is 79.9. The van der Waals surface area contributed by atoms with Crippen molar-refractivity contribution in [2.75, 3.05) is 0 Å². The Balaban J connectivity index is 2.68. The maximum Gasteiger partial charge on any atom is 0.163 e. The Labute approximate surface area is 117 Å². The highest BCUT2D eigenvalue weighted by Gasteiger charge is 2.14. The molecule has 0 heterocycles. The van der Waals surface area contributed by atoms with Crippen LogP contribution < -0.4 is 0 Å². The molecule has 0 N–H and O–H groups in total. The normalized spacial score (nSPS) is 12.4. The van der Waals surface area contributed by atoms with Gasteiger partial charge >= 0.3 is 0 Å². The molecule has 0 aliphatic carbocycles. The first-order valence-electron chi connectivity index (χ1n) is 6.56. The summed E-state index contributed by atoms with van der Waals surface area (Å²) in [6, 6.07) is 4.38. The first kappa shape index (κ1) is 15.4. The molecule has 1 aromatic rings. The quantitative estimate of drug-likeness (QED) is 0.618. The second-order valence-corrected chi connectivity index (χ2v) is 5.62. The Morgan fingerprint density at radius 1 is 1.33 bits per heavy atom. The Morgan fingerprint density at radius 2 is 2.06 bits per heavy atom. The molecule has 0 aliphatic rings. The molecular formula is C15H20BrFO. The number of rotatable bonds is 7. The lowest BCUT2D eigenvalue weighted by Crippen LogP contribution is -2.08.